The van der Waals surface area contributed by atoms with E-state index in [9.17, 15) is 9.18 Å². The molecule has 0 aliphatic heterocycles. The number of nitrogens with zero attached hydrogens (tertiary/aromatic N) is 1. The lowest BCUT2D eigenvalue weighted by atomic mass is 9.92. The van der Waals surface area contributed by atoms with Gasteiger partial charge in [0.15, 0.2) is 5.78 Å². The molecule has 2 aromatic carbocycles. The fraction of sp³-hybridized carbons (Fsp3) is 0.250. The number of hydrogen-bond acceptors (Lipinski definition) is 3. The average Bonchev–Trinajstić information content (AvgIpc) is 2.56. The van der Waals surface area contributed by atoms with Crippen molar-refractivity contribution in [1.82, 2.24) is 4.90 Å². The molecule has 0 aliphatic rings. The van der Waals surface area contributed by atoms with E-state index < -0.39 is 0 Å². The summed E-state index contributed by atoms with van der Waals surface area (Å²) in [5.41, 5.74) is 3.44. The molecule has 2 rings (SSSR count). The zero-order valence-electron chi connectivity index (χ0n) is 14.7. The van der Waals surface area contributed by atoms with Crippen molar-refractivity contribution in [2.45, 2.75) is 18.7 Å². The van der Waals surface area contributed by atoms with E-state index in [4.69, 9.17) is 0 Å². The summed E-state index contributed by atoms with van der Waals surface area (Å²) in [4.78, 5) is 15.6. The minimum atomic E-state index is -0.341. The Morgan fingerprint density at radius 2 is 1.75 bits per heavy atom. The highest BCUT2D eigenvalue weighted by molar-refractivity contribution is 7.98. The number of carbonyl (C=O) groups is 1. The first-order chi connectivity index (χ1) is 11.4. The van der Waals surface area contributed by atoms with Gasteiger partial charge in [0, 0.05) is 36.3 Å². The van der Waals surface area contributed by atoms with Crippen LogP contribution >= 0.6 is 11.8 Å². The summed E-state index contributed by atoms with van der Waals surface area (Å²) < 4.78 is 14.4. The van der Waals surface area contributed by atoms with Crippen LogP contribution in [0.3, 0.4) is 0 Å². The maximum Gasteiger partial charge on any atom is 0.195 e. The lowest BCUT2D eigenvalue weighted by molar-refractivity contribution is 0.105. The van der Waals surface area contributed by atoms with Gasteiger partial charge in [-0.1, -0.05) is 30.3 Å². The number of Topliss-reactive ketones (excluding diaryl/α,β-unsaturated/α-hetero) is 1. The SMILES string of the molecule is CSc1c(F)cc(C(=O)C(=CN(C)C)c2ccccc2)c(C)c1C. The molecule has 0 radical (unpaired) electrons. The van der Waals surface area contributed by atoms with Gasteiger partial charge in [0.05, 0.1) is 0 Å². The van der Waals surface area contributed by atoms with Crippen LogP contribution in [0, 0.1) is 19.7 Å². The maximum absolute atomic E-state index is 14.4. The third-order valence-electron chi connectivity index (χ3n) is 3.96. The van der Waals surface area contributed by atoms with E-state index in [1.54, 1.807) is 6.20 Å². The van der Waals surface area contributed by atoms with Gasteiger partial charge >= 0.3 is 0 Å². The highest BCUT2D eigenvalue weighted by Crippen LogP contribution is 2.31. The highest BCUT2D eigenvalue weighted by atomic mass is 32.2. The first-order valence-corrected chi connectivity index (χ1v) is 8.91. The second kappa shape index (κ2) is 7.67. The standard InChI is InChI=1S/C20H22FNOS/c1-13-14(2)20(24-5)18(21)11-16(13)19(23)17(12-22(3)4)15-9-7-6-8-10-15/h6-12H,1-5H3. The number of ketones is 1. The minimum Gasteiger partial charge on any atom is -0.383 e. The number of carbonyl (C=O) groups excluding carboxylic acids is 1. The molecule has 0 atom stereocenters. The monoisotopic (exact) mass is 343 g/mol. The molecule has 0 amide bonds. The van der Waals surface area contributed by atoms with Crippen LogP contribution in [0.2, 0.25) is 0 Å². The maximum atomic E-state index is 14.4. The third kappa shape index (κ3) is 3.70. The largest absolute Gasteiger partial charge is 0.383 e. The molecule has 2 aromatic rings. The Morgan fingerprint density at radius 3 is 2.29 bits per heavy atom. The molecule has 0 aromatic heterocycles. The molecule has 0 bridgehead atoms. The van der Waals surface area contributed by atoms with Crippen LogP contribution in [0.1, 0.15) is 27.0 Å². The fourth-order valence-electron chi connectivity index (χ4n) is 2.62. The van der Waals surface area contributed by atoms with Gasteiger partial charge in [-0.3, -0.25) is 4.79 Å². The Balaban J connectivity index is 2.60. The smallest absolute Gasteiger partial charge is 0.195 e. The topological polar surface area (TPSA) is 20.3 Å². The summed E-state index contributed by atoms with van der Waals surface area (Å²) in [5, 5.41) is 0. The molecule has 24 heavy (non-hydrogen) atoms. The highest BCUT2D eigenvalue weighted by Gasteiger charge is 2.21. The van der Waals surface area contributed by atoms with Crippen LogP contribution in [-0.2, 0) is 0 Å². The lowest BCUT2D eigenvalue weighted by Crippen LogP contribution is -2.12. The van der Waals surface area contributed by atoms with Gasteiger partial charge in [-0.15, -0.1) is 11.8 Å². The molecular weight excluding hydrogens is 321 g/mol. The van der Waals surface area contributed by atoms with E-state index in [1.807, 2.05) is 69.4 Å². The first-order valence-electron chi connectivity index (χ1n) is 7.68. The molecule has 0 saturated carbocycles. The van der Waals surface area contributed by atoms with Crippen molar-refractivity contribution in [2.75, 3.05) is 20.4 Å². The minimum absolute atomic E-state index is 0.165. The summed E-state index contributed by atoms with van der Waals surface area (Å²) in [7, 11) is 3.73. The van der Waals surface area contributed by atoms with Gasteiger partial charge in [0.2, 0.25) is 0 Å². The van der Waals surface area contributed by atoms with Gasteiger partial charge in [-0.2, -0.15) is 0 Å². The number of thioether (sulfide) groups is 1. The second-order valence-electron chi connectivity index (χ2n) is 5.89. The number of benzene rings is 2. The Hall–Kier alpha value is -2.07. The molecule has 4 heteroatoms. The van der Waals surface area contributed by atoms with Crippen molar-refractivity contribution in [3.63, 3.8) is 0 Å². The van der Waals surface area contributed by atoms with Crippen molar-refractivity contribution in [2.24, 2.45) is 0 Å². The van der Waals surface area contributed by atoms with Crippen molar-refractivity contribution >= 4 is 23.1 Å². The summed E-state index contributed by atoms with van der Waals surface area (Å²) in [5.74, 6) is -0.506. The molecule has 2 nitrogen and oxygen atoms in total. The molecule has 0 fully saturated rings. The number of allylic oxidation sites excluding steroid dienone is 1. The molecule has 126 valence electrons. The van der Waals surface area contributed by atoms with E-state index in [2.05, 4.69) is 0 Å². The van der Waals surface area contributed by atoms with Crippen molar-refractivity contribution in [3.8, 4) is 0 Å². The Bertz CT molecular complexity index is 782. The van der Waals surface area contributed by atoms with Gasteiger partial charge < -0.3 is 4.90 Å². The van der Waals surface area contributed by atoms with Gasteiger partial charge in [-0.25, -0.2) is 4.39 Å². The molecule has 0 unspecified atom stereocenters. The lowest BCUT2D eigenvalue weighted by Gasteiger charge is -2.16. The summed E-state index contributed by atoms with van der Waals surface area (Å²) in [6.07, 6.45) is 3.63. The molecule has 0 spiro atoms. The van der Waals surface area contributed by atoms with E-state index in [0.717, 1.165) is 16.7 Å². The van der Waals surface area contributed by atoms with E-state index >= 15 is 0 Å². The normalized spacial score (nSPS) is 11.5. The van der Waals surface area contributed by atoms with Crippen LogP contribution in [0.5, 0.6) is 0 Å². The summed E-state index contributed by atoms with van der Waals surface area (Å²) >= 11 is 1.36. The summed E-state index contributed by atoms with van der Waals surface area (Å²) in [6.45, 7) is 3.73. The Labute approximate surface area is 147 Å². The number of rotatable bonds is 5. The summed E-state index contributed by atoms with van der Waals surface area (Å²) in [6, 6.07) is 10.8. The van der Waals surface area contributed by atoms with Crippen LogP contribution in [-0.4, -0.2) is 31.0 Å². The zero-order valence-corrected chi connectivity index (χ0v) is 15.5. The van der Waals surface area contributed by atoms with Crippen LogP contribution in [0.15, 0.2) is 47.5 Å². The van der Waals surface area contributed by atoms with Crippen molar-refractivity contribution in [3.05, 3.63) is 70.7 Å². The van der Waals surface area contributed by atoms with E-state index in [-0.39, 0.29) is 11.6 Å². The Morgan fingerprint density at radius 1 is 1.12 bits per heavy atom. The number of halogens is 1. The van der Waals surface area contributed by atoms with E-state index in [1.165, 1.54) is 17.8 Å². The van der Waals surface area contributed by atoms with Gasteiger partial charge in [0.25, 0.3) is 0 Å². The molecule has 0 N–H and O–H groups in total. The second-order valence-corrected chi connectivity index (χ2v) is 6.71. The molecule has 0 saturated heterocycles. The van der Waals surface area contributed by atoms with Crippen molar-refractivity contribution in [1.29, 1.82) is 0 Å². The van der Waals surface area contributed by atoms with Crippen molar-refractivity contribution < 1.29 is 9.18 Å². The van der Waals surface area contributed by atoms with Gasteiger partial charge in [0.1, 0.15) is 5.82 Å². The number of hydrogen-bond donors (Lipinski definition) is 0. The third-order valence-corrected chi connectivity index (χ3v) is 4.87. The van der Waals surface area contributed by atoms with Crippen LogP contribution < -0.4 is 0 Å². The molecule has 0 heterocycles. The average molecular weight is 343 g/mol. The van der Waals surface area contributed by atoms with Crippen LogP contribution in [0.25, 0.3) is 5.57 Å². The molecular formula is C20H22FNOS. The predicted octanol–water partition coefficient (Wildman–Crippen LogP) is 4.95. The van der Waals surface area contributed by atoms with Gasteiger partial charge in [-0.05, 0) is 42.9 Å². The fourth-order valence-corrected chi connectivity index (χ4v) is 3.34. The Kier molecular flexibility index (Phi) is 5.84. The predicted molar refractivity (Wildman–Crippen MR) is 100 cm³/mol. The zero-order chi connectivity index (χ0) is 17.9. The first kappa shape index (κ1) is 18.3. The van der Waals surface area contributed by atoms with E-state index in [0.29, 0.717) is 16.0 Å². The quantitative estimate of drug-likeness (QED) is 0.435. The molecule has 0 aliphatic carbocycles. The van der Waals surface area contributed by atoms with Crippen LogP contribution in [0.4, 0.5) is 4.39 Å².